The van der Waals surface area contributed by atoms with Crippen molar-refractivity contribution >= 4 is 34.9 Å². The lowest BCUT2D eigenvalue weighted by molar-refractivity contribution is -0.466. The summed E-state index contributed by atoms with van der Waals surface area (Å²) in [6.45, 7) is 0. The Morgan fingerprint density at radius 3 is 1.83 bits per heavy atom. The number of benzene rings is 2. The Morgan fingerprint density at radius 2 is 1.38 bits per heavy atom. The zero-order valence-corrected chi connectivity index (χ0v) is 15.1. The van der Waals surface area contributed by atoms with Crippen molar-refractivity contribution in [2.75, 3.05) is 14.1 Å². The summed E-state index contributed by atoms with van der Waals surface area (Å²) < 4.78 is 1.91. The van der Waals surface area contributed by atoms with Crippen LogP contribution in [0.2, 0.25) is 0 Å². The van der Waals surface area contributed by atoms with Crippen molar-refractivity contribution in [3.8, 4) is 0 Å². The second-order valence-electron chi connectivity index (χ2n) is 5.41. The van der Waals surface area contributed by atoms with Crippen LogP contribution in [0.25, 0.3) is 0 Å². The summed E-state index contributed by atoms with van der Waals surface area (Å²) in [5, 5.41) is 6.04. The Morgan fingerprint density at radius 1 is 0.875 bits per heavy atom. The second-order valence-corrected chi connectivity index (χ2v) is 6.57. The average molecular weight is 365 g/mol. The van der Waals surface area contributed by atoms with Crippen LogP contribution in [0.1, 0.15) is 15.9 Å². The minimum absolute atomic E-state index is 0.245. The van der Waals surface area contributed by atoms with Gasteiger partial charge in [-0.1, -0.05) is 59.6 Å². The van der Waals surface area contributed by atoms with Gasteiger partial charge in [-0.25, -0.2) is 0 Å². The van der Waals surface area contributed by atoms with Crippen molar-refractivity contribution in [1.29, 1.82) is 0 Å². The number of carbonyl (C=O) groups excluding carboxylic acids is 1. The van der Waals surface area contributed by atoms with Crippen LogP contribution in [0.5, 0.6) is 0 Å². The van der Waals surface area contributed by atoms with Gasteiger partial charge in [-0.2, -0.15) is 0 Å². The standard InChI is InChI=1S/C18H19Cl2N3O/c1-23(2)17(13-9-5-3-6-10-13)21-16(15(19)20)22-18(24)14-11-7-4-8-12-14/h3-12,15-16H,1-2H3,(H,22,24)/p+1/t16-/m0/s1. The molecule has 126 valence electrons. The molecule has 2 N–H and O–H groups in total. The first-order valence-corrected chi connectivity index (χ1v) is 8.36. The first-order chi connectivity index (χ1) is 11.5. The predicted octanol–water partition coefficient (Wildman–Crippen LogP) is 2.85. The second kappa shape index (κ2) is 8.71. The molecule has 0 radical (unpaired) electrons. The van der Waals surface area contributed by atoms with Crippen LogP contribution in [-0.2, 0) is 0 Å². The third-order valence-electron chi connectivity index (χ3n) is 3.36. The number of nitrogens with zero attached hydrogens (tertiary/aromatic N) is 1. The van der Waals surface area contributed by atoms with E-state index in [0.717, 1.165) is 11.4 Å². The molecule has 4 nitrogen and oxygen atoms in total. The molecule has 0 saturated heterocycles. The van der Waals surface area contributed by atoms with Gasteiger partial charge in [0.15, 0.2) is 11.0 Å². The maximum absolute atomic E-state index is 12.4. The van der Waals surface area contributed by atoms with Gasteiger partial charge in [-0.3, -0.25) is 14.7 Å². The number of alkyl halides is 2. The topological polar surface area (TPSA) is 44.1 Å². The van der Waals surface area contributed by atoms with Gasteiger partial charge in [-0.05, 0) is 24.3 Å². The highest BCUT2D eigenvalue weighted by atomic mass is 35.5. The summed E-state index contributed by atoms with van der Waals surface area (Å²) in [5.74, 6) is 0.561. The molecule has 1 amide bonds. The minimum atomic E-state index is -0.823. The van der Waals surface area contributed by atoms with Crippen LogP contribution >= 0.6 is 23.2 Å². The number of rotatable bonds is 5. The Labute approximate surface area is 152 Å². The number of nitrogens with one attached hydrogen (secondary N) is 2. The predicted molar refractivity (Wildman–Crippen MR) is 99.0 cm³/mol. The lowest BCUT2D eigenvalue weighted by atomic mass is 10.2. The Bertz CT molecular complexity index is 699. The molecular weight excluding hydrogens is 345 g/mol. The fraction of sp³-hybridized carbons (Fsp3) is 0.222. The van der Waals surface area contributed by atoms with Gasteiger partial charge in [0.25, 0.3) is 11.7 Å². The van der Waals surface area contributed by atoms with Crippen molar-refractivity contribution in [3.05, 3.63) is 71.8 Å². The van der Waals surface area contributed by atoms with Gasteiger partial charge < -0.3 is 5.32 Å². The molecule has 2 aromatic carbocycles. The fourth-order valence-electron chi connectivity index (χ4n) is 2.19. The number of halogens is 2. The van der Waals surface area contributed by atoms with Crippen LogP contribution in [0, 0.1) is 0 Å². The Kier molecular flexibility index (Phi) is 6.64. The maximum atomic E-state index is 12.4. The van der Waals surface area contributed by atoms with Crippen LogP contribution in [-0.4, -0.2) is 41.4 Å². The highest BCUT2D eigenvalue weighted by molar-refractivity contribution is 6.45. The van der Waals surface area contributed by atoms with E-state index >= 15 is 0 Å². The molecule has 2 rings (SSSR count). The third kappa shape index (κ3) is 4.98. The molecule has 0 fully saturated rings. The van der Waals surface area contributed by atoms with E-state index in [2.05, 4.69) is 10.6 Å². The average Bonchev–Trinajstić information content (AvgIpc) is 2.59. The normalized spacial score (nSPS) is 11.7. The zero-order valence-electron chi connectivity index (χ0n) is 13.5. The van der Waals surface area contributed by atoms with E-state index in [-0.39, 0.29) is 5.91 Å². The van der Waals surface area contributed by atoms with Gasteiger partial charge in [-0.15, -0.1) is 0 Å². The third-order valence-corrected chi connectivity index (χ3v) is 3.87. The van der Waals surface area contributed by atoms with Crippen LogP contribution < -0.4 is 10.6 Å². The maximum Gasteiger partial charge on any atom is 0.278 e. The van der Waals surface area contributed by atoms with Gasteiger partial charge in [0.2, 0.25) is 0 Å². The summed E-state index contributed by atoms with van der Waals surface area (Å²) in [5.41, 5.74) is 1.51. The molecule has 0 aliphatic heterocycles. The fourth-order valence-corrected chi connectivity index (χ4v) is 2.44. The molecule has 1 atom stereocenters. The Hall–Kier alpha value is -2.04. The molecule has 0 aliphatic carbocycles. The smallest absolute Gasteiger partial charge is 0.278 e. The molecule has 2 aromatic rings. The van der Waals surface area contributed by atoms with E-state index in [4.69, 9.17) is 23.2 Å². The quantitative estimate of drug-likeness (QED) is 0.281. The van der Waals surface area contributed by atoms with E-state index in [9.17, 15) is 4.79 Å². The molecule has 0 bridgehead atoms. The van der Waals surface area contributed by atoms with Crippen molar-refractivity contribution < 1.29 is 9.37 Å². The molecule has 24 heavy (non-hydrogen) atoms. The van der Waals surface area contributed by atoms with Gasteiger partial charge in [0, 0.05) is 5.56 Å². The molecule has 0 unspecified atom stereocenters. The van der Waals surface area contributed by atoms with Crippen molar-refractivity contribution in [1.82, 2.24) is 10.6 Å². The number of carbonyl (C=O) groups is 1. The SMILES string of the molecule is C[N+](C)=C(N[C@@H](NC(=O)c1ccccc1)C(Cl)Cl)c1ccccc1. The van der Waals surface area contributed by atoms with E-state index in [1.54, 1.807) is 24.3 Å². The molecule has 0 spiro atoms. The van der Waals surface area contributed by atoms with Crippen molar-refractivity contribution in [2.24, 2.45) is 0 Å². The number of hydrogen-bond acceptors (Lipinski definition) is 1. The molecule has 0 aromatic heterocycles. The largest absolute Gasteiger partial charge is 0.311 e. The first-order valence-electron chi connectivity index (χ1n) is 7.49. The highest BCUT2D eigenvalue weighted by Crippen LogP contribution is 2.09. The van der Waals surface area contributed by atoms with Gasteiger partial charge in [0.05, 0.1) is 19.7 Å². The van der Waals surface area contributed by atoms with Gasteiger partial charge in [0.1, 0.15) is 0 Å². The van der Waals surface area contributed by atoms with E-state index in [0.29, 0.717) is 5.56 Å². The number of hydrogen-bond donors (Lipinski definition) is 2. The number of amides is 1. The summed E-state index contributed by atoms with van der Waals surface area (Å²) in [6, 6.07) is 18.7. The van der Waals surface area contributed by atoms with E-state index in [1.165, 1.54) is 0 Å². The lowest BCUT2D eigenvalue weighted by Crippen LogP contribution is -2.53. The summed E-state index contributed by atoms with van der Waals surface area (Å²) in [7, 11) is 3.81. The van der Waals surface area contributed by atoms with Crippen LogP contribution in [0.15, 0.2) is 60.7 Å². The molecule has 0 saturated carbocycles. The molecule has 6 heteroatoms. The van der Waals surface area contributed by atoms with E-state index < -0.39 is 11.0 Å². The molecule has 0 heterocycles. The minimum Gasteiger partial charge on any atom is -0.311 e. The summed E-state index contributed by atoms with van der Waals surface area (Å²) in [6.07, 6.45) is -0.640. The summed E-state index contributed by atoms with van der Waals surface area (Å²) >= 11 is 12.1. The van der Waals surface area contributed by atoms with Crippen LogP contribution in [0.4, 0.5) is 0 Å². The zero-order chi connectivity index (χ0) is 17.5. The monoisotopic (exact) mass is 364 g/mol. The van der Waals surface area contributed by atoms with Crippen molar-refractivity contribution in [3.63, 3.8) is 0 Å². The molecule has 0 aliphatic rings. The first kappa shape index (κ1) is 18.3. The molecular formula is C18H20Cl2N3O+. The number of amidine groups is 1. The van der Waals surface area contributed by atoms with Gasteiger partial charge >= 0.3 is 0 Å². The van der Waals surface area contributed by atoms with Crippen LogP contribution in [0.3, 0.4) is 0 Å². The van der Waals surface area contributed by atoms with E-state index in [1.807, 2.05) is 55.1 Å². The summed E-state index contributed by atoms with van der Waals surface area (Å²) in [4.78, 5) is 11.5. The lowest BCUT2D eigenvalue weighted by Gasteiger charge is -2.19. The van der Waals surface area contributed by atoms with Crippen molar-refractivity contribution in [2.45, 2.75) is 11.0 Å². The Balaban J connectivity index is 2.19. The highest BCUT2D eigenvalue weighted by Gasteiger charge is 2.27.